The second-order valence-electron chi connectivity index (χ2n) is 3.27. The summed E-state index contributed by atoms with van der Waals surface area (Å²) in [5.41, 5.74) is -0.157. The molecule has 2 rings (SSSR count). The summed E-state index contributed by atoms with van der Waals surface area (Å²) in [7, 11) is 0. The summed E-state index contributed by atoms with van der Waals surface area (Å²) in [5, 5.41) is 9.55. The van der Waals surface area contributed by atoms with Crippen LogP contribution in [0.2, 0.25) is 0 Å². The van der Waals surface area contributed by atoms with E-state index in [4.69, 9.17) is 5.11 Å². The van der Waals surface area contributed by atoms with Crippen LogP contribution in [0.3, 0.4) is 0 Å². The van der Waals surface area contributed by atoms with Gasteiger partial charge >= 0.3 is 5.97 Å². The van der Waals surface area contributed by atoms with E-state index in [0.717, 1.165) is 10.3 Å². The Balaban J connectivity index is 2.75. The number of hydrogen-bond donors (Lipinski definition) is 2. The largest absolute Gasteiger partial charge is 0.477 e. The van der Waals surface area contributed by atoms with E-state index in [9.17, 15) is 9.59 Å². The van der Waals surface area contributed by atoms with E-state index < -0.39 is 11.5 Å². The molecule has 0 spiro atoms. The summed E-state index contributed by atoms with van der Waals surface area (Å²) in [6, 6.07) is 6.90. The second kappa shape index (κ2) is 4.02. The normalized spacial score (nSPS) is 10.6. The first-order chi connectivity index (χ1) is 7.61. The third kappa shape index (κ3) is 1.81. The molecule has 0 aliphatic heterocycles. The van der Waals surface area contributed by atoms with Gasteiger partial charge in [-0.25, -0.2) is 4.79 Å². The number of aromatic carboxylic acids is 1. The Morgan fingerprint density at radius 2 is 2.12 bits per heavy atom. The number of thioether (sulfide) groups is 1. The minimum absolute atomic E-state index is 0.231. The van der Waals surface area contributed by atoms with Gasteiger partial charge in [-0.2, -0.15) is 0 Å². The number of aromatic amines is 1. The Kier molecular flexibility index (Phi) is 2.70. The molecule has 0 amide bonds. The number of fused-ring (bicyclic) bond motifs is 1. The predicted molar refractivity (Wildman–Crippen MR) is 63.3 cm³/mol. The molecule has 0 fully saturated rings. The highest BCUT2D eigenvalue weighted by Gasteiger charge is 2.09. The Bertz CT molecular complexity index is 618. The summed E-state index contributed by atoms with van der Waals surface area (Å²) in [5.74, 6) is -1.21. The molecule has 0 aliphatic rings. The molecule has 0 saturated carbocycles. The van der Waals surface area contributed by atoms with E-state index in [0.29, 0.717) is 5.52 Å². The van der Waals surface area contributed by atoms with Gasteiger partial charge in [-0.15, -0.1) is 11.8 Å². The minimum atomic E-state index is -1.21. The molecule has 0 bridgehead atoms. The third-order valence-electron chi connectivity index (χ3n) is 2.28. The van der Waals surface area contributed by atoms with Crippen molar-refractivity contribution < 1.29 is 9.90 Å². The van der Waals surface area contributed by atoms with E-state index in [2.05, 4.69) is 4.98 Å². The van der Waals surface area contributed by atoms with Gasteiger partial charge in [0.15, 0.2) is 0 Å². The SMILES string of the molecule is CSc1ccc2[nH]c(=O)c(C(=O)O)cc2c1. The van der Waals surface area contributed by atoms with Crippen molar-refractivity contribution in [3.63, 3.8) is 0 Å². The first-order valence-corrected chi connectivity index (χ1v) is 5.78. The molecule has 0 saturated heterocycles. The summed E-state index contributed by atoms with van der Waals surface area (Å²) in [4.78, 5) is 25.8. The minimum Gasteiger partial charge on any atom is -0.477 e. The number of nitrogens with one attached hydrogen (secondary N) is 1. The van der Waals surface area contributed by atoms with Crippen molar-refractivity contribution in [1.29, 1.82) is 0 Å². The summed E-state index contributed by atoms with van der Waals surface area (Å²) >= 11 is 1.56. The van der Waals surface area contributed by atoms with Crippen LogP contribution in [0, 0.1) is 0 Å². The molecule has 5 heteroatoms. The Morgan fingerprint density at radius 1 is 1.38 bits per heavy atom. The third-order valence-corrected chi connectivity index (χ3v) is 3.01. The smallest absolute Gasteiger partial charge is 0.341 e. The molecule has 0 unspecified atom stereocenters. The highest BCUT2D eigenvalue weighted by molar-refractivity contribution is 7.98. The quantitative estimate of drug-likeness (QED) is 0.780. The van der Waals surface area contributed by atoms with Gasteiger partial charge in [0.05, 0.1) is 0 Å². The summed E-state index contributed by atoms with van der Waals surface area (Å²) in [6.07, 6.45) is 1.94. The summed E-state index contributed by atoms with van der Waals surface area (Å²) in [6.45, 7) is 0. The number of carboxylic acid groups (broad SMARTS) is 1. The number of benzene rings is 1. The van der Waals surface area contributed by atoms with Gasteiger partial charge in [-0.05, 0) is 30.5 Å². The van der Waals surface area contributed by atoms with Gasteiger partial charge in [-0.3, -0.25) is 4.79 Å². The molecule has 2 aromatic rings. The lowest BCUT2D eigenvalue weighted by atomic mass is 10.1. The molecule has 0 atom stereocenters. The van der Waals surface area contributed by atoms with Crippen LogP contribution in [0.4, 0.5) is 0 Å². The standard InChI is InChI=1S/C11H9NO3S/c1-16-7-2-3-9-6(4-7)5-8(11(14)15)10(13)12-9/h2-5H,1H3,(H,12,13)(H,14,15). The van der Waals surface area contributed by atoms with Crippen molar-refractivity contribution in [2.45, 2.75) is 4.90 Å². The number of carboxylic acids is 1. The molecular weight excluding hydrogens is 226 g/mol. The highest BCUT2D eigenvalue weighted by Crippen LogP contribution is 2.20. The Morgan fingerprint density at radius 3 is 2.75 bits per heavy atom. The average molecular weight is 235 g/mol. The fourth-order valence-corrected chi connectivity index (χ4v) is 1.92. The Hall–Kier alpha value is -1.75. The number of aromatic nitrogens is 1. The van der Waals surface area contributed by atoms with Gasteiger partial charge in [0, 0.05) is 15.8 Å². The molecule has 16 heavy (non-hydrogen) atoms. The second-order valence-corrected chi connectivity index (χ2v) is 4.15. The zero-order chi connectivity index (χ0) is 11.7. The molecule has 1 aromatic carbocycles. The van der Waals surface area contributed by atoms with E-state index in [1.807, 2.05) is 18.4 Å². The van der Waals surface area contributed by atoms with Crippen LogP contribution in [0.1, 0.15) is 10.4 Å². The Labute approximate surface area is 95.3 Å². The highest BCUT2D eigenvalue weighted by atomic mass is 32.2. The maximum atomic E-state index is 11.4. The lowest BCUT2D eigenvalue weighted by Gasteiger charge is -2.02. The molecule has 82 valence electrons. The number of rotatable bonds is 2. The van der Waals surface area contributed by atoms with Crippen molar-refractivity contribution in [3.8, 4) is 0 Å². The van der Waals surface area contributed by atoms with Crippen LogP contribution in [-0.2, 0) is 0 Å². The van der Waals surface area contributed by atoms with Crippen LogP contribution in [-0.4, -0.2) is 22.3 Å². The number of carbonyl (C=O) groups is 1. The van der Waals surface area contributed by atoms with Crippen LogP contribution in [0.25, 0.3) is 10.9 Å². The van der Waals surface area contributed by atoms with Gasteiger partial charge < -0.3 is 10.1 Å². The fourth-order valence-electron chi connectivity index (χ4n) is 1.47. The van der Waals surface area contributed by atoms with Crippen molar-refractivity contribution in [1.82, 2.24) is 4.98 Å². The molecule has 1 aromatic heterocycles. The van der Waals surface area contributed by atoms with E-state index in [-0.39, 0.29) is 5.56 Å². The lowest BCUT2D eigenvalue weighted by Crippen LogP contribution is -2.16. The van der Waals surface area contributed by atoms with Crippen LogP contribution >= 0.6 is 11.8 Å². The molecular formula is C11H9NO3S. The maximum absolute atomic E-state index is 11.4. The van der Waals surface area contributed by atoms with Crippen molar-refractivity contribution in [2.75, 3.05) is 6.26 Å². The lowest BCUT2D eigenvalue weighted by molar-refractivity contribution is 0.0695. The fraction of sp³-hybridized carbons (Fsp3) is 0.0909. The van der Waals surface area contributed by atoms with Gasteiger partial charge in [0.25, 0.3) is 5.56 Å². The number of pyridine rings is 1. The van der Waals surface area contributed by atoms with Crippen LogP contribution < -0.4 is 5.56 Å². The topological polar surface area (TPSA) is 70.2 Å². The monoisotopic (exact) mass is 235 g/mol. The maximum Gasteiger partial charge on any atom is 0.341 e. The average Bonchev–Trinajstić information content (AvgIpc) is 2.27. The van der Waals surface area contributed by atoms with Crippen molar-refractivity contribution in [2.24, 2.45) is 0 Å². The summed E-state index contributed by atoms with van der Waals surface area (Å²) < 4.78 is 0. The molecule has 2 N–H and O–H groups in total. The number of H-pyrrole nitrogens is 1. The van der Waals surface area contributed by atoms with Crippen molar-refractivity contribution in [3.05, 3.63) is 40.2 Å². The van der Waals surface area contributed by atoms with Gasteiger partial charge in [-0.1, -0.05) is 0 Å². The van der Waals surface area contributed by atoms with E-state index in [1.54, 1.807) is 17.8 Å². The first-order valence-electron chi connectivity index (χ1n) is 4.56. The zero-order valence-electron chi connectivity index (χ0n) is 8.48. The van der Waals surface area contributed by atoms with Crippen LogP contribution in [0.15, 0.2) is 34.0 Å². The zero-order valence-corrected chi connectivity index (χ0v) is 9.30. The number of hydrogen-bond acceptors (Lipinski definition) is 3. The molecule has 0 radical (unpaired) electrons. The molecule has 4 nitrogen and oxygen atoms in total. The van der Waals surface area contributed by atoms with Gasteiger partial charge in [0.1, 0.15) is 5.56 Å². The first kappa shape index (κ1) is 10.8. The molecule has 1 heterocycles. The molecule has 0 aliphatic carbocycles. The van der Waals surface area contributed by atoms with Crippen LogP contribution in [0.5, 0.6) is 0 Å². The predicted octanol–water partition coefficient (Wildman–Crippen LogP) is 1.95. The van der Waals surface area contributed by atoms with Gasteiger partial charge in [0.2, 0.25) is 0 Å². The van der Waals surface area contributed by atoms with E-state index in [1.165, 1.54) is 6.07 Å². The van der Waals surface area contributed by atoms with E-state index >= 15 is 0 Å². The van der Waals surface area contributed by atoms with Crippen molar-refractivity contribution >= 4 is 28.6 Å².